The number of aryl methyl sites for hydroxylation is 1. The fourth-order valence-corrected chi connectivity index (χ4v) is 3.09. The second-order valence-electron chi connectivity index (χ2n) is 5.60. The monoisotopic (exact) mass is 401 g/mol. The first-order valence-electron chi connectivity index (χ1n) is 7.78. The Morgan fingerprint density at radius 3 is 2.71 bits per heavy atom. The summed E-state index contributed by atoms with van der Waals surface area (Å²) in [6.45, 7) is 1.91. The number of hydrogen-bond donors (Lipinski definition) is 2. The van der Waals surface area contributed by atoms with Gasteiger partial charge in [-0.05, 0) is 36.0 Å². The minimum atomic E-state index is -0.743. The quantitative estimate of drug-likeness (QED) is 0.280. The first-order valence-corrected chi connectivity index (χ1v) is 8.60. The van der Waals surface area contributed by atoms with Gasteiger partial charge in [-0.3, -0.25) is 25.7 Å². The predicted octanol–water partition coefficient (Wildman–Crippen LogP) is 2.28. The van der Waals surface area contributed by atoms with E-state index >= 15 is 0 Å². The fraction of sp³-hybridized carbons (Fsp3) is 0.0625. The highest BCUT2D eigenvalue weighted by molar-refractivity contribution is 7.11. The zero-order valence-electron chi connectivity index (χ0n) is 14.4. The molecule has 1 aromatic carbocycles. The van der Waals surface area contributed by atoms with Crippen molar-refractivity contribution in [3.05, 3.63) is 83.1 Å². The van der Waals surface area contributed by atoms with E-state index in [4.69, 9.17) is 0 Å². The lowest BCUT2D eigenvalue weighted by atomic mass is 10.2. The van der Waals surface area contributed by atoms with E-state index in [1.54, 1.807) is 10.8 Å². The van der Waals surface area contributed by atoms with E-state index in [-0.39, 0.29) is 10.6 Å². The van der Waals surface area contributed by atoms with E-state index in [1.165, 1.54) is 12.3 Å². The van der Waals surface area contributed by atoms with Crippen LogP contribution >= 0.6 is 11.3 Å². The summed E-state index contributed by atoms with van der Waals surface area (Å²) >= 11 is 0.923. The van der Waals surface area contributed by atoms with Gasteiger partial charge in [0.05, 0.1) is 34.5 Å². The van der Waals surface area contributed by atoms with Gasteiger partial charge in [0.25, 0.3) is 5.69 Å². The number of pyridine rings is 1. The molecule has 142 valence electrons. The van der Waals surface area contributed by atoms with Gasteiger partial charge < -0.3 is 0 Å². The predicted molar refractivity (Wildman–Crippen MR) is 102 cm³/mol. The Labute approximate surface area is 160 Å². The van der Waals surface area contributed by atoms with Gasteiger partial charge in [-0.15, -0.1) is 0 Å². The summed E-state index contributed by atoms with van der Waals surface area (Å²) in [4.78, 5) is 35.2. The SMILES string of the molecule is Cc1ccc[n+](-c2[nH]c(=O)sc2/C=N/Nc2ccc([N+](=O)[O-])cc2[N+](=O)[O-])c1. The van der Waals surface area contributed by atoms with Crippen molar-refractivity contribution in [2.45, 2.75) is 6.92 Å². The number of aromatic amines is 1. The zero-order valence-corrected chi connectivity index (χ0v) is 15.2. The van der Waals surface area contributed by atoms with Gasteiger partial charge in [0.1, 0.15) is 10.6 Å². The molecule has 28 heavy (non-hydrogen) atoms. The highest BCUT2D eigenvalue weighted by Gasteiger charge is 2.20. The molecule has 0 unspecified atom stereocenters. The summed E-state index contributed by atoms with van der Waals surface area (Å²) in [5.74, 6) is 0.502. The highest BCUT2D eigenvalue weighted by Crippen LogP contribution is 2.28. The number of nitrogens with zero attached hydrogens (tertiary/aromatic N) is 4. The van der Waals surface area contributed by atoms with Crippen molar-refractivity contribution in [3.8, 4) is 5.82 Å². The Kier molecular flexibility index (Phi) is 5.22. The van der Waals surface area contributed by atoms with Crippen LogP contribution in [0.3, 0.4) is 0 Å². The van der Waals surface area contributed by atoms with Crippen LogP contribution in [0.15, 0.2) is 52.6 Å². The van der Waals surface area contributed by atoms with Crippen molar-refractivity contribution < 1.29 is 14.4 Å². The van der Waals surface area contributed by atoms with Crippen LogP contribution in [0.2, 0.25) is 0 Å². The number of nitro benzene ring substituents is 2. The van der Waals surface area contributed by atoms with Crippen molar-refractivity contribution in [1.29, 1.82) is 0 Å². The molecule has 0 fully saturated rings. The molecule has 0 atom stereocenters. The molecule has 0 aliphatic rings. The number of anilines is 1. The van der Waals surface area contributed by atoms with Crippen LogP contribution < -0.4 is 14.9 Å². The maximum absolute atomic E-state index is 11.8. The van der Waals surface area contributed by atoms with E-state index in [9.17, 15) is 25.0 Å². The lowest BCUT2D eigenvalue weighted by molar-refractivity contribution is -0.599. The van der Waals surface area contributed by atoms with E-state index in [1.807, 2.05) is 25.3 Å². The van der Waals surface area contributed by atoms with Crippen LogP contribution in [0, 0.1) is 27.2 Å². The number of H-pyrrole nitrogens is 1. The third-order valence-electron chi connectivity index (χ3n) is 3.62. The summed E-state index contributed by atoms with van der Waals surface area (Å²) in [6.07, 6.45) is 4.93. The molecule has 0 aliphatic carbocycles. The number of benzene rings is 1. The van der Waals surface area contributed by atoms with Gasteiger partial charge in [-0.1, -0.05) is 6.07 Å². The standard InChI is InChI=1S/C16H12N6O5S/c1-10-3-2-6-20(9-10)15-14(28-16(23)18-15)8-17-19-12-5-4-11(21(24)25)7-13(12)22(26)27/h2-9,19H,1H3/p+1. The van der Waals surface area contributed by atoms with E-state index in [0.717, 1.165) is 29.0 Å². The average molecular weight is 401 g/mol. The Morgan fingerprint density at radius 2 is 2.04 bits per heavy atom. The first-order chi connectivity index (χ1) is 13.3. The molecular formula is C16H13N6O5S+. The lowest BCUT2D eigenvalue weighted by Gasteiger charge is -2.01. The topological polar surface area (TPSA) is 147 Å². The molecule has 0 saturated carbocycles. The first kappa shape index (κ1) is 18.8. The maximum atomic E-state index is 11.8. The molecule has 0 spiro atoms. The van der Waals surface area contributed by atoms with Gasteiger partial charge in [-0.2, -0.15) is 10.1 Å². The van der Waals surface area contributed by atoms with Crippen molar-refractivity contribution >= 4 is 34.6 Å². The second-order valence-corrected chi connectivity index (χ2v) is 6.62. The molecule has 0 saturated heterocycles. The minimum absolute atomic E-state index is 0.0144. The second kappa shape index (κ2) is 7.75. The van der Waals surface area contributed by atoms with Crippen LogP contribution in [-0.2, 0) is 0 Å². The molecule has 0 aliphatic heterocycles. The van der Waals surface area contributed by atoms with Gasteiger partial charge in [0.15, 0.2) is 0 Å². The summed E-state index contributed by atoms with van der Waals surface area (Å²) in [5, 5.41) is 25.9. The summed E-state index contributed by atoms with van der Waals surface area (Å²) in [7, 11) is 0. The molecule has 0 amide bonds. The van der Waals surface area contributed by atoms with Crippen LogP contribution in [0.25, 0.3) is 5.82 Å². The third kappa shape index (κ3) is 4.07. The number of rotatable bonds is 6. The maximum Gasteiger partial charge on any atom is 0.390 e. The summed E-state index contributed by atoms with van der Waals surface area (Å²) in [5.41, 5.74) is 2.58. The number of aromatic nitrogens is 2. The lowest BCUT2D eigenvalue weighted by Crippen LogP contribution is -2.32. The smallest absolute Gasteiger partial charge is 0.272 e. The normalized spacial score (nSPS) is 10.9. The van der Waals surface area contributed by atoms with Crippen molar-refractivity contribution in [3.63, 3.8) is 0 Å². The molecule has 3 aromatic rings. The van der Waals surface area contributed by atoms with Gasteiger partial charge in [0, 0.05) is 6.07 Å². The number of thiazole rings is 1. The largest absolute Gasteiger partial charge is 0.390 e. The molecule has 0 bridgehead atoms. The molecule has 3 rings (SSSR count). The molecule has 2 aromatic heterocycles. The van der Waals surface area contributed by atoms with Crippen LogP contribution in [-0.4, -0.2) is 21.0 Å². The minimum Gasteiger partial charge on any atom is -0.272 e. The molecule has 12 heteroatoms. The van der Waals surface area contributed by atoms with Gasteiger partial charge >= 0.3 is 16.4 Å². The highest BCUT2D eigenvalue weighted by atomic mass is 32.1. The molecule has 11 nitrogen and oxygen atoms in total. The number of hydrazone groups is 1. The zero-order chi connectivity index (χ0) is 20.3. The van der Waals surface area contributed by atoms with E-state index < -0.39 is 21.2 Å². The number of nitrogens with one attached hydrogen (secondary N) is 2. The molecule has 2 heterocycles. The van der Waals surface area contributed by atoms with Crippen LogP contribution in [0.1, 0.15) is 10.4 Å². The number of hydrogen-bond acceptors (Lipinski definition) is 8. The Morgan fingerprint density at radius 1 is 1.25 bits per heavy atom. The number of nitro groups is 2. The summed E-state index contributed by atoms with van der Waals surface area (Å²) in [6, 6.07) is 6.91. The van der Waals surface area contributed by atoms with Crippen LogP contribution in [0.4, 0.5) is 17.1 Å². The van der Waals surface area contributed by atoms with Crippen LogP contribution in [0.5, 0.6) is 0 Å². The Bertz CT molecular complexity index is 1150. The van der Waals surface area contributed by atoms with E-state index in [2.05, 4.69) is 15.5 Å². The number of non-ortho nitro benzene ring substituents is 1. The van der Waals surface area contributed by atoms with Gasteiger partial charge in [0.2, 0.25) is 0 Å². The van der Waals surface area contributed by atoms with Crippen molar-refractivity contribution in [2.75, 3.05) is 5.43 Å². The summed E-state index contributed by atoms with van der Waals surface area (Å²) < 4.78 is 1.73. The van der Waals surface area contributed by atoms with E-state index in [0.29, 0.717) is 10.7 Å². The average Bonchev–Trinajstić information content (AvgIpc) is 3.02. The van der Waals surface area contributed by atoms with Gasteiger partial charge in [-0.25, -0.2) is 9.36 Å². The molecule has 2 N–H and O–H groups in total. The molecular weight excluding hydrogens is 388 g/mol. The van der Waals surface area contributed by atoms with Crippen molar-refractivity contribution in [1.82, 2.24) is 4.98 Å². The fourth-order valence-electron chi connectivity index (χ4n) is 2.38. The molecule has 0 radical (unpaired) electrons. The van der Waals surface area contributed by atoms with Crippen molar-refractivity contribution in [2.24, 2.45) is 5.10 Å². The third-order valence-corrected chi connectivity index (χ3v) is 4.42. The Balaban J connectivity index is 1.89. The Hall–Kier alpha value is -3.93.